The number of nitrogens with zero attached hydrogens (tertiary/aromatic N) is 2. The van der Waals surface area contributed by atoms with Gasteiger partial charge < -0.3 is 19.6 Å². The first-order chi connectivity index (χ1) is 12.6. The van der Waals surface area contributed by atoms with Gasteiger partial charge in [-0.25, -0.2) is 0 Å². The van der Waals surface area contributed by atoms with E-state index in [1.54, 1.807) is 11.3 Å². The number of aliphatic hydroxyl groups excluding tert-OH is 1. The molecule has 2 bridgehead atoms. The standard InChI is InChI=1S/C19H18N2O3S2/c22-14-9-13-15-16(17(14)24-18(13)23)20(10-12-7-4-8-26-12)19(25)21(15)11-5-2-1-3-6-11/h1-8,13-17,22H,9-10H2/t13-,14+,15-,16+,17-/m0/s1. The number of hydrogen-bond acceptors (Lipinski definition) is 5. The van der Waals surface area contributed by atoms with Crippen molar-refractivity contribution < 1.29 is 14.6 Å². The van der Waals surface area contributed by atoms with E-state index in [0.29, 0.717) is 18.1 Å². The molecule has 1 aromatic carbocycles. The molecule has 5 nitrogen and oxygen atoms in total. The van der Waals surface area contributed by atoms with E-state index in [2.05, 4.69) is 15.9 Å². The molecule has 1 aliphatic carbocycles. The second-order valence-electron chi connectivity index (χ2n) is 6.99. The molecule has 134 valence electrons. The number of para-hydroxylation sites is 1. The highest BCUT2D eigenvalue weighted by Crippen LogP contribution is 2.46. The number of benzene rings is 1. The number of aliphatic hydroxyl groups is 1. The number of fused-ring (bicyclic) bond motifs is 2. The van der Waals surface area contributed by atoms with Crippen LogP contribution in [0.1, 0.15) is 11.3 Å². The lowest BCUT2D eigenvalue weighted by molar-refractivity contribution is -0.194. The topological polar surface area (TPSA) is 53.0 Å². The molecule has 1 saturated carbocycles. The molecule has 0 unspecified atom stereocenters. The number of esters is 1. The fraction of sp³-hybridized carbons (Fsp3) is 0.368. The quantitative estimate of drug-likeness (QED) is 0.646. The van der Waals surface area contributed by atoms with Crippen molar-refractivity contribution >= 4 is 40.3 Å². The van der Waals surface area contributed by atoms with Crippen molar-refractivity contribution in [2.24, 2.45) is 5.92 Å². The van der Waals surface area contributed by atoms with Crippen LogP contribution in [0, 0.1) is 5.92 Å². The third kappa shape index (κ3) is 2.31. The zero-order chi connectivity index (χ0) is 17.8. The van der Waals surface area contributed by atoms with Gasteiger partial charge in [0.1, 0.15) is 6.10 Å². The molecular formula is C19H18N2O3S2. The average molecular weight is 386 g/mol. The predicted octanol–water partition coefficient (Wildman–Crippen LogP) is 2.40. The van der Waals surface area contributed by atoms with E-state index < -0.39 is 12.2 Å². The summed E-state index contributed by atoms with van der Waals surface area (Å²) < 4.78 is 5.58. The van der Waals surface area contributed by atoms with Gasteiger partial charge in [-0.05, 0) is 42.2 Å². The Kier molecular flexibility index (Phi) is 3.77. The molecule has 3 saturated heterocycles. The third-order valence-electron chi connectivity index (χ3n) is 5.58. The van der Waals surface area contributed by atoms with Crippen molar-refractivity contribution in [3.05, 3.63) is 52.7 Å². The van der Waals surface area contributed by atoms with Crippen molar-refractivity contribution in [3.8, 4) is 0 Å². The summed E-state index contributed by atoms with van der Waals surface area (Å²) in [6.07, 6.45) is -0.740. The van der Waals surface area contributed by atoms with E-state index in [9.17, 15) is 9.90 Å². The molecule has 2 aromatic rings. The van der Waals surface area contributed by atoms with Gasteiger partial charge in [0.15, 0.2) is 5.11 Å². The van der Waals surface area contributed by atoms with Crippen LogP contribution in [-0.4, -0.2) is 45.4 Å². The van der Waals surface area contributed by atoms with Crippen LogP contribution in [0.15, 0.2) is 47.8 Å². The van der Waals surface area contributed by atoms with Crippen molar-refractivity contribution in [1.29, 1.82) is 0 Å². The summed E-state index contributed by atoms with van der Waals surface area (Å²) in [5.41, 5.74) is 0.982. The summed E-state index contributed by atoms with van der Waals surface area (Å²) in [5.74, 6) is -0.588. The molecular weight excluding hydrogens is 368 g/mol. The lowest BCUT2D eigenvalue weighted by Gasteiger charge is -2.49. The monoisotopic (exact) mass is 386 g/mol. The maximum absolute atomic E-state index is 12.4. The van der Waals surface area contributed by atoms with Crippen LogP contribution >= 0.6 is 23.6 Å². The fourth-order valence-electron chi connectivity index (χ4n) is 4.50. The van der Waals surface area contributed by atoms with Gasteiger partial charge in [0.25, 0.3) is 0 Å². The van der Waals surface area contributed by atoms with E-state index >= 15 is 0 Å². The van der Waals surface area contributed by atoms with Gasteiger partial charge in [-0.15, -0.1) is 11.3 Å². The smallest absolute Gasteiger partial charge is 0.311 e. The van der Waals surface area contributed by atoms with Crippen LogP contribution in [-0.2, 0) is 16.1 Å². The van der Waals surface area contributed by atoms with Crippen molar-refractivity contribution in [3.63, 3.8) is 0 Å². The highest BCUT2D eigenvalue weighted by molar-refractivity contribution is 7.80. The molecule has 4 heterocycles. The molecule has 0 spiro atoms. The fourth-order valence-corrected chi connectivity index (χ4v) is 5.62. The zero-order valence-electron chi connectivity index (χ0n) is 13.9. The summed E-state index contributed by atoms with van der Waals surface area (Å²) in [6.45, 7) is 0.661. The molecule has 3 aliphatic heterocycles. The Balaban J connectivity index is 1.59. The summed E-state index contributed by atoms with van der Waals surface area (Å²) in [7, 11) is 0. The van der Waals surface area contributed by atoms with Crippen LogP contribution in [0.5, 0.6) is 0 Å². The van der Waals surface area contributed by atoms with Crippen molar-refractivity contribution in [1.82, 2.24) is 4.90 Å². The van der Waals surface area contributed by atoms with Crippen LogP contribution in [0.3, 0.4) is 0 Å². The van der Waals surface area contributed by atoms with Gasteiger partial charge in [0.2, 0.25) is 0 Å². The maximum atomic E-state index is 12.4. The molecule has 26 heavy (non-hydrogen) atoms. The van der Waals surface area contributed by atoms with E-state index in [4.69, 9.17) is 17.0 Å². The van der Waals surface area contributed by atoms with Crippen LogP contribution in [0.4, 0.5) is 5.69 Å². The number of thiophene rings is 1. The number of ether oxygens (including phenoxy) is 1. The van der Waals surface area contributed by atoms with Gasteiger partial charge in [-0.1, -0.05) is 24.3 Å². The summed E-state index contributed by atoms with van der Waals surface area (Å²) in [6, 6.07) is 13.8. The summed E-state index contributed by atoms with van der Waals surface area (Å²) in [4.78, 5) is 17.9. The number of hydrogen-bond donors (Lipinski definition) is 1. The van der Waals surface area contributed by atoms with Crippen LogP contribution in [0.2, 0.25) is 0 Å². The first-order valence-corrected chi connectivity index (χ1v) is 10.00. The Labute approximate surface area is 160 Å². The van der Waals surface area contributed by atoms with Gasteiger partial charge in [-0.3, -0.25) is 4.79 Å². The number of thiocarbonyl (C=S) groups is 1. The molecule has 1 N–H and O–H groups in total. The molecule has 7 heteroatoms. The minimum atomic E-state index is -0.636. The normalized spacial score (nSPS) is 32.7. The van der Waals surface area contributed by atoms with Gasteiger partial charge in [0, 0.05) is 10.6 Å². The summed E-state index contributed by atoms with van der Waals surface area (Å²) >= 11 is 7.53. The first-order valence-electron chi connectivity index (χ1n) is 8.71. The lowest BCUT2D eigenvalue weighted by atomic mass is 9.74. The molecule has 0 amide bonds. The molecule has 4 aliphatic rings. The Morgan fingerprint density at radius 1 is 1.19 bits per heavy atom. The predicted molar refractivity (Wildman–Crippen MR) is 103 cm³/mol. The zero-order valence-corrected chi connectivity index (χ0v) is 15.5. The number of carbonyl (C=O) groups excluding carboxylic acids is 1. The molecule has 5 atom stereocenters. The van der Waals surface area contributed by atoms with Crippen molar-refractivity contribution in [2.45, 2.75) is 37.3 Å². The third-order valence-corrected chi connectivity index (χ3v) is 6.87. The first kappa shape index (κ1) is 16.2. The van der Waals surface area contributed by atoms with Gasteiger partial charge in [-0.2, -0.15) is 0 Å². The summed E-state index contributed by atoms with van der Waals surface area (Å²) in [5, 5.41) is 13.2. The Morgan fingerprint density at radius 3 is 2.73 bits per heavy atom. The molecule has 1 aromatic heterocycles. The van der Waals surface area contributed by atoms with E-state index in [1.807, 2.05) is 41.8 Å². The van der Waals surface area contributed by atoms with E-state index in [-0.39, 0.29) is 24.0 Å². The SMILES string of the molecule is O=C1O[C@@H]2[C@H]3[C@H]([C@@H]1C[C@H]2O)N(c1ccccc1)C(=S)N3Cc1cccs1. The highest BCUT2D eigenvalue weighted by atomic mass is 32.1. The Hall–Kier alpha value is -1.96. The van der Waals surface area contributed by atoms with E-state index in [0.717, 1.165) is 5.69 Å². The number of carbonyl (C=O) groups is 1. The lowest BCUT2D eigenvalue weighted by Crippen LogP contribution is -2.66. The second-order valence-corrected chi connectivity index (χ2v) is 8.39. The minimum absolute atomic E-state index is 0.0977. The van der Waals surface area contributed by atoms with Gasteiger partial charge >= 0.3 is 5.97 Å². The molecule has 4 fully saturated rings. The van der Waals surface area contributed by atoms with Crippen LogP contribution < -0.4 is 4.90 Å². The van der Waals surface area contributed by atoms with E-state index in [1.165, 1.54) is 4.88 Å². The minimum Gasteiger partial charge on any atom is -0.457 e. The largest absolute Gasteiger partial charge is 0.457 e. The Bertz CT molecular complexity index is 842. The number of anilines is 1. The van der Waals surface area contributed by atoms with Crippen LogP contribution in [0.25, 0.3) is 0 Å². The highest BCUT2D eigenvalue weighted by Gasteiger charge is 2.62. The number of rotatable bonds is 3. The average Bonchev–Trinajstić information content (AvgIpc) is 3.25. The Morgan fingerprint density at radius 2 is 2.00 bits per heavy atom. The molecule has 6 rings (SSSR count). The molecule has 0 radical (unpaired) electrons. The maximum Gasteiger partial charge on any atom is 0.311 e. The second kappa shape index (κ2) is 6.04. The van der Waals surface area contributed by atoms with Gasteiger partial charge in [0.05, 0.1) is 30.7 Å². The van der Waals surface area contributed by atoms with Crippen molar-refractivity contribution in [2.75, 3.05) is 4.90 Å².